The van der Waals surface area contributed by atoms with Gasteiger partial charge in [0.15, 0.2) is 16.3 Å². The highest BCUT2D eigenvalue weighted by Gasteiger charge is 2.33. The van der Waals surface area contributed by atoms with E-state index in [4.69, 9.17) is 37.4 Å². The van der Waals surface area contributed by atoms with E-state index >= 15 is 0 Å². The molecule has 0 N–H and O–H groups in total. The fourth-order valence-electron chi connectivity index (χ4n) is 4.59. The summed E-state index contributed by atoms with van der Waals surface area (Å²) in [5.74, 6) is 0.317. The number of aromatic nitrogens is 1. The Bertz CT molecular complexity index is 1810. The molecule has 1 aromatic heterocycles. The summed E-state index contributed by atoms with van der Waals surface area (Å²) < 4.78 is 18.9. The predicted octanol–water partition coefficient (Wildman–Crippen LogP) is 5.69. The Morgan fingerprint density at radius 2 is 1.83 bits per heavy atom. The van der Waals surface area contributed by atoms with Crippen LogP contribution in [0.1, 0.15) is 36.6 Å². The standard InChI is InChI=1S/C31H26Cl2N2O5S/c1-4-39-30(37)26-18(2)34-31-35(27(26)21-8-6-5-7-9-21)29(36)25(41-31)16-20-14-23(33)28(24(15-20)38-3)40-17-19-10-12-22(32)13-11-19/h5-16,27H,4,17H2,1-3H3/b25-16-/t27-/m0/s1. The summed E-state index contributed by atoms with van der Waals surface area (Å²) in [6, 6.07) is 19.5. The quantitative estimate of drug-likeness (QED) is 0.240. The monoisotopic (exact) mass is 608 g/mol. The van der Waals surface area contributed by atoms with E-state index < -0.39 is 12.0 Å². The third-order valence-corrected chi connectivity index (χ3v) is 7.99. The number of allylic oxidation sites excluding steroid dienone is 1. The molecule has 41 heavy (non-hydrogen) atoms. The van der Waals surface area contributed by atoms with Crippen molar-refractivity contribution >= 4 is 46.6 Å². The minimum Gasteiger partial charge on any atom is -0.493 e. The number of carbonyl (C=O) groups excluding carboxylic acids is 1. The Hall–Kier alpha value is -3.85. The van der Waals surface area contributed by atoms with Crippen molar-refractivity contribution in [3.8, 4) is 11.5 Å². The Morgan fingerprint density at radius 3 is 2.51 bits per heavy atom. The normalized spacial score (nSPS) is 14.9. The molecule has 0 amide bonds. The Morgan fingerprint density at radius 1 is 1.10 bits per heavy atom. The van der Waals surface area contributed by atoms with Crippen LogP contribution in [-0.4, -0.2) is 24.3 Å². The first-order valence-electron chi connectivity index (χ1n) is 12.8. The van der Waals surface area contributed by atoms with E-state index in [1.165, 1.54) is 18.4 Å². The SMILES string of the molecule is CCOC(=O)C1=C(C)N=c2s/c(=C\c3cc(Cl)c(OCc4ccc(Cl)cc4)c(OC)c3)c(=O)n2[C@H]1c1ccccc1. The number of hydrogen-bond donors (Lipinski definition) is 0. The highest BCUT2D eigenvalue weighted by molar-refractivity contribution is 7.07. The number of thiazole rings is 1. The number of fused-ring (bicyclic) bond motifs is 1. The molecule has 0 aliphatic carbocycles. The number of esters is 1. The van der Waals surface area contributed by atoms with Crippen LogP contribution in [0.15, 0.2) is 87.8 Å². The summed E-state index contributed by atoms with van der Waals surface area (Å²) in [5.41, 5.74) is 2.91. The highest BCUT2D eigenvalue weighted by atomic mass is 35.5. The van der Waals surface area contributed by atoms with Crippen molar-refractivity contribution in [2.75, 3.05) is 13.7 Å². The van der Waals surface area contributed by atoms with Gasteiger partial charge in [-0.15, -0.1) is 0 Å². The van der Waals surface area contributed by atoms with Crippen LogP contribution in [0.4, 0.5) is 0 Å². The minimum atomic E-state index is -0.671. The molecule has 4 aromatic rings. The topological polar surface area (TPSA) is 79.1 Å². The maximum absolute atomic E-state index is 13.8. The molecule has 0 saturated carbocycles. The van der Waals surface area contributed by atoms with E-state index in [2.05, 4.69) is 4.99 Å². The van der Waals surface area contributed by atoms with Crippen molar-refractivity contribution in [3.63, 3.8) is 0 Å². The van der Waals surface area contributed by atoms with E-state index in [1.807, 2.05) is 42.5 Å². The number of rotatable bonds is 8. The molecule has 7 nitrogen and oxygen atoms in total. The van der Waals surface area contributed by atoms with Gasteiger partial charge in [0.1, 0.15) is 6.61 Å². The van der Waals surface area contributed by atoms with Crippen molar-refractivity contribution in [3.05, 3.63) is 124 Å². The third-order valence-electron chi connectivity index (χ3n) is 6.48. The molecule has 3 aromatic carbocycles. The fraction of sp³-hybridized carbons (Fsp3) is 0.194. The number of ether oxygens (including phenoxy) is 3. The van der Waals surface area contributed by atoms with Crippen molar-refractivity contribution in [2.24, 2.45) is 4.99 Å². The van der Waals surface area contributed by atoms with Gasteiger partial charge >= 0.3 is 5.97 Å². The van der Waals surface area contributed by atoms with Crippen molar-refractivity contribution < 1.29 is 19.0 Å². The number of hydrogen-bond acceptors (Lipinski definition) is 7. The minimum absolute atomic E-state index is 0.212. The van der Waals surface area contributed by atoms with Gasteiger partial charge in [-0.3, -0.25) is 9.36 Å². The molecule has 2 heterocycles. The van der Waals surface area contributed by atoms with Crippen LogP contribution in [0.3, 0.4) is 0 Å². The van der Waals surface area contributed by atoms with E-state index in [9.17, 15) is 9.59 Å². The first kappa shape index (κ1) is 28.7. The van der Waals surface area contributed by atoms with Crippen LogP contribution in [0.2, 0.25) is 10.0 Å². The van der Waals surface area contributed by atoms with Crippen LogP contribution in [0.25, 0.3) is 6.08 Å². The van der Waals surface area contributed by atoms with Gasteiger partial charge < -0.3 is 14.2 Å². The largest absolute Gasteiger partial charge is 0.493 e. The summed E-state index contributed by atoms with van der Waals surface area (Å²) >= 11 is 13.8. The second kappa shape index (κ2) is 12.3. The molecular weight excluding hydrogens is 583 g/mol. The van der Waals surface area contributed by atoms with Gasteiger partial charge in [-0.05, 0) is 60.9 Å². The van der Waals surface area contributed by atoms with E-state index in [-0.39, 0.29) is 18.8 Å². The van der Waals surface area contributed by atoms with Gasteiger partial charge in [0.2, 0.25) is 0 Å². The zero-order chi connectivity index (χ0) is 29.1. The molecule has 1 aliphatic rings. The molecule has 0 fully saturated rings. The third kappa shape index (κ3) is 5.95. The van der Waals surface area contributed by atoms with Gasteiger partial charge in [0.25, 0.3) is 5.56 Å². The van der Waals surface area contributed by atoms with Crippen molar-refractivity contribution in [2.45, 2.75) is 26.5 Å². The van der Waals surface area contributed by atoms with Crippen molar-refractivity contribution in [1.29, 1.82) is 0 Å². The average molecular weight is 610 g/mol. The van der Waals surface area contributed by atoms with Crippen LogP contribution in [-0.2, 0) is 16.1 Å². The van der Waals surface area contributed by atoms with Crippen LogP contribution in [0.5, 0.6) is 11.5 Å². The lowest BCUT2D eigenvalue weighted by molar-refractivity contribution is -0.139. The Kier molecular flexibility index (Phi) is 8.63. The van der Waals surface area contributed by atoms with Crippen LogP contribution >= 0.6 is 34.5 Å². The van der Waals surface area contributed by atoms with Gasteiger partial charge in [-0.25, -0.2) is 9.79 Å². The predicted molar refractivity (Wildman–Crippen MR) is 161 cm³/mol. The number of halogens is 2. The summed E-state index contributed by atoms with van der Waals surface area (Å²) in [5, 5.41) is 0.973. The lowest BCUT2D eigenvalue weighted by atomic mass is 9.96. The lowest BCUT2D eigenvalue weighted by Crippen LogP contribution is -2.39. The second-order valence-electron chi connectivity index (χ2n) is 9.16. The summed E-state index contributed by atoms with van der Waals surface area (Å²) in [4.78, 5) is 31.9. The Labute approximate surface area is 250 Å². The molecular formula is C31H26Cl2N2O5S. The summed E-state index contributed by atoms with van der Waals surface area (Å²) in [7, 11) is 1.53. The maximum Gasteiger partial charge on any atom is 0.338 e. The second-order valence-corrected chi connectivity index (χ2v) is 11.0. The van der Waals surface area contributed by atoms with Crippen molar-refractivity contribution in [1.82, 2.24) is 4.57 Å². The molecule has 1 aliphatic heterocycles. The summed E-state index contributed by atoms with van der Waals surface area (Å²) in [6.45, 7) is 3.98. The first-order valence-corrected chi connectivity index (χ1v) is 14.4. The smallest absolute Gasteiger partial charge is 0.338 e. The molecule has 210 valence electrons. The number of benzene rings is 3. The van der Waals surface area contributed by atoms with Crippen LogP contribution < -0.4 is 24.4 Å². The molecule has 1 atom stereocenters. The van der Waals surface area contributed by atoms with E-state index in [0.29, 0.717) is 47.7 Å². The molecule has 10 heteroatoms. The number of carbonyl (C=O) groups is 1. The zero-order valence-corrected chi connectivity index (χ0v) is 24.8. The maximum atomic E-state index is 13.8. The molecule has 0 saturated heterocycles. The van der Waals surface area contributed by atoms with Crippen LogP contribution in [0, 0.1) is 0 Å². The molecule has 0 bridgehead atoms. The fourth-order valence-corrected chi connectivity index (χ4v) is 6.04. The molecule has 5 rings (SSSR count). The highest BCUT2D eigenvalue weighted by Crippen LogP contribution is 2.37. The van der Waals surface area contributed by atoms with Gasteiger partial charge in [0, 0.05) is 5.02 Å². The zero-order valence-electron chi connectivity index (χ0n) is 22.5. The van der Waals surface area contributed by atoms with Gasteiger partial charge in [-0.1, -0.05) is 77.0 Å². The molecule has 0 unspecified atom stereocenters. The van der Waals surface area contributed by atoms with Gasteiger partial charge in [0.05, 0.1) is 40.6 Å². The number of methoxy groups -OCH3 is 1. The molecule has 0 radical (unpaired) electrons. The lowest BCUT2D eigenvalue weighted by Gasteiger charge is -2.24. The average Bonchev–Trinajstić information content (AvgIpc) is 3.26. The van der Waals surface area contributed by atoms with E-state index in [1.54, 1.807) is 48.8 Å². The molecule has 0 spiro atoms. The van der Waals surface area contributed by atoms with E-state index in [0.717, 1.165) is 11.1 Å². The summed E-state index contributed by atoms with van der Waals surface area (Å²) in [6.07, 6.45) is 1.73. The Balaban J connectivity index is 1.56. The van der Waals surface area contributed by atoms with Gasteiger partial charge in [-0.2, -0.15) is 0 Å². The number of nitrogens with zero attached hydrogens (tertiary/aromatic N) is 2. The first-order chi connectivity index (χ1) is 19.8.